The molecule has 1 atom stereocenters. The molecule has 0 bridgehead atoms. The SMILES string of the molecule is CCC(=CCNC(C)C(=O)NC(C)C)C(=O)OC. The molecule has 2 N–H and O–H groups in total. The van der Waals surface area contributed by atoms with Crippen LogP contribution in [-0.4, -0.2) is 37.6 Å². The summed E-state index contributed by atoms with van der Waals surface area (Å²) in [6.45, 7) is 7.96. The van der Waals surface area contributed by atoms with Crippen molar-refractivity contribution in [1.82, 2.24) is 10.6 Å². The van der Waals surface area contributed by atoms with E-state index in [9.17, 15) is 9.59 Å². The predicted molar refractivity (Wildman–Crippen MR) is 71.1 cm³/mol. The Morgan fingerprint density at radius 2 is 1.89 bits per heavy atom. The van der Waals surface area contributed by atoms with Crippen molar-refractivity contribution < 1.29 is 14.3 Å². The minimum absolute atomic E-state index is 0.0467. The number of esters is 1. The molecule has 5 nitrogen and oxygen atoms in total. The van der Waals surface area contributed by atoms with Gasteiger partial charge in [0, 0.05) is 18.2 Å². The van der Waals surface area contributed by atoms with E-state index in [-0.39, 0.29) is 24.0 Å². The van der Waals surface area contributed by atoms with Gasteiger partial charge in [-0.25, -0.2) is 4.79 Å². The average Bonchev–Trinajstić information content (AvgIpc) is 2.32. The monoisotopic (exact) mass is 256 g/mol. The summed E-state index contributed by atoms with van der Waals surface area (Å²) in [5.41, 5.74) is 0.612. The molecule has 0 aliphatic heterocycles. The second-order valence-corrected chi connectivity index (χ2v) is 4.37. The fraction of sp³-hybridized carbons (Fsp3) is 0.692. The van der Waals surface area contributed by atoms with Crippen LogP contribution < -0.4 is 10.6 Å². The number of hydrogen-bond acceptors (Lipinski definition) is 4. The van der Waals surface area contributed by atoms with Gasteiger partial charge in [-0.05, 0) is 27.2 Å². The van der Waals surface area contributed by atoms with Crippen molar-refractivity contribution in [2.75, 3.05) is 13.7 Å². The lowest BCUT2D eigenvalue weighted by Gasteiger charge is -2.15. The minimum atomic E-state index is -0.321. The van der Waals surface area contributed by atoms with Crippen LogP contribution >= 0.6 is 0 Å². The van der Waals surface area contributed by atoms with Gasteiger partial charge in [0.15, 0.2) is 0 Å². The quantitative estimate of drug-likeness (QED) is 0.527. The lowest BCUT2D eigenvalue weighted by molar-refractivity contribution is -0.136. The highest BCUT2D eigenvalue weighted by Crippen LogP contribution is 2.01. The molecule has 18 heavy (non-hydrogen) atoms. The molecular weight excluding hydrogens is 232 g/mol. The van der Waals surface area contributed by atoms with Gasteiger partial charge in [0.2, 0.25) is 5.91 Å². The first-order valence-electron chi connectivity index (χ1n) is 6.23. The Hall–Kier alpha value is -1.36. The van der Waals surface area contributed by atoms with E-state index >= 15 is 0 Å². The van der Waals surface area contributed by atoms with Crippen molar-refractivity contribution in [3.05, 3.63) is 11.6 Å². The summed E-state index contributed by atoms with van der Waals surface area (Å²) in [4.78, 5) is 22.9. The number of methoxy groups -OCH3 is 1. The molecule has 0 aliphatic rings. The lowest BCUT2D eigenvalue weighted by atomic mass is 10.2. The lowest BCUT2D eigenvalue weighted by Crippen LogP contribution is -2.44. The molecule has 0 saturated heterocycles. The maximum Gasteiger partial charge on any atom is 0.333 e. The molecule has 0 aromatic carbocycles. The molecule has 0 saturated carbocycles. The Labute approximate surface area is 109 Å². The van der Waals surface area contributed by atoms with Gasteiger partial charge in [0.1, 0.15) is 0 Å². The summed E-state index contributed by atoms with van der Waals surface area (Å²) >= 11 is 0. The number of amides is 1. The first-order chi connectivity index (χ1) is 8.42. The van der Waals surface area contributed by atoms with Crippen molar-refractivity contribution in [1.29, 1.82) is 0 Å². The molecule has 0 rings (SSSR count). The van der Waals surface area contributed by atoms with Gasteiger partial charge in [0.05, 0.1) is 13.2 Å². The molecule has 1 unspecified atom stereocenters. The highest BCUT2D eigenvalue weighted by Gasteiger charge is 2.12. The van der Waals surface area contributed by atoms with Gasteiger partial charge in [-0.3, -0.25) is 4.79 Å². The largest absolute Gasteiger partial charge is 0.466 e. The third-order valence-electron chi connectivity index (χ3n) is 2.43. The number of carbonyl (C=O) groups is 2. The van der Waals surface area contributed by atoms with Crippen LogP contribution in [0.5, 0.6) is 0 Å². The predicted octanol–water partition coefficient (Wildman–Crippen LogP) is 0.998. The van der Waals surface area contributed by atoms with Gasteiger partial charge >= 0.3 is 5.97 Å². The molecule has 0 heterocycles. The Bertz CT molecular complexity index is 311. The molecule has 0 aromatic rings. The Balaban J connectivity index is 4.19. The summed E-state index contributed by atoms with van der Waals surface area (Å²) in [6, 6.07) is -0.169. The topological polar surface area (TPSA) is 67.4 Å². The van der Waals surface area contributed by atoms with Crippen molar-refractivity contribution in [3.63, 3.8) is 0 Å². The van der Waals surface area contributed by atoms with Gasteiger partial charge in [-0.1, -0.05) is 13.0 Å². The fourth-order valence-corrected chi connectivity index (χ4v) is 1.36. The Morgan fingerprint density at radius 3 is 2.33 bits per heavy atom. The molecule has 0 spiro atoms. The molecule has 5 heteroatoms. The third-order valence-corrected chi connectivity index (χ3v) is 2.43. The second-order valence-electron chi connectivity index (χ2n) is 4.37. The Morgan fingerprint density at radius 1 is 1.28 bits per heavy atom. The first-order valence-corrected chi connectivity index (χ1v) is 6.23. The van der Waals surface area contributed by atoms with Crippen molar-refractivity contribution in [3.8, 4) is 0 Å². The molecule has 0 aliphatic carbocycles. The average molecular weight is 256 g/mol. The van der Waals surface area contributed by atoms with Crippen LogP contribution in [0, 0.1) is 0 Å². The summed E-state index contributed by atoms with van der Waals surface area (Å²) in [6.07, 6.45) is 2.37. The van der Waals surface area contributed by atoms with Gasteiger partial charge in [0.25, 0.3) is 0 Å². The number of ether oxygens (including phenoxy) is 1. The highest BCUT2D eigenvalue weighted by atomic mass is 16.5. The Kier molecular flexibility index (Phi) is 8.03. The van der Waals surface area contributed by atoms with Crippen LogP contribution in [0.2, 0.25) is 0 Å². The zero-order chi connectivity index (χ0) is 14.1. The van der Waals surface area contributed by atoms with Crippen molar-refractivity contribution >= 4 is 11.9 Å². The normalized spacial score (nSPS) is 13.3. The molecule has 0 aromatic heterocycles. The van der Waals surface area contributed by atoms with Crippen LogP contribution in [0.4, 0.5) is 0 Å². The third kappa shape index (κ3) is 6.39. The number of nitrogens with one attached hydrogen (secondary N) is 2. The minimum Gasteiger partial charge on any atom is -0.466 e. The van der Waals surface area contributed by atoms with Gasteiger partial charge < -0.3 is 15.4 Å². The summed E-state index contributed by atoms with van der Waals surface area (Å²) in [5, 5.41) is 5.85. The van der Waals surface area contributed by atoms with Gasteiger partial charge in [-0.15, -0.1) is 0 Å². The van der Waals surface area contributed by atoms with E-state index in [2.05, 4.69) is 15.4 Å². The zero-order valence-electron chi connectivity index (χ0n) is 11.9. The smallest absolute Gasteiger partial charge is 0.333 e. The molecule has 0 fully saturated rings. The van der Waals surface area contributed by atoms with Crippen LogP contribution in [0.15, 0.2) is 11.6 Å². The standard InChI is InChI=1S/C13H24N2O3/c1-6-11(13(17)18-5)7-8-14-10(4)12(16)15-9(2)3/h7,9-10,14H,6,8H2,1-5H3,(H,15,16). The van der Waals surface area contributed by atoms with E-state index < -0.39 is 0 Å². The number of hydrogen-bond donors (Lipinski definition) is 2. The first kappa shape index (κ1) is 16.6. The number of rotatable bonds is 7. The highest BCUT2D eigenvalue weighted by molar-refractivity contribution is 5.88. The fourth-order valence-electron chi connectivity index (χ4n) is 1.36. The zero-order valence-corrected chi connectivity index (χ0v) is 11.9. The second kappa shape index (κ2) is 8.69. The van der Waals surface area contributed by atoms with Crippen molar-refractivity contribution in [2.24, 2.45) is 0 Å². The van der Waals surface area contributed by atoms with E-state index in [4.69, 9.17) is 0 Å². The molecule has 104 valence electrons. The van der Waals surface area contributed by atoms with Crippen LogP contribution in [0.25, 0.3) is 0 Å². The maximum atomic E-state index is 11.6. The number of carbonyl (C=O) groups excluding carboxylic acids is 2. The van der Waals surface area contributed by atoms with Gasteiger partial charge in [-0.2, -0.15) is 0 Å². The van der Waals surface area contributed by atoms with E-state index in [0.29, 0.717) is 18.5 Å². The summed E-state index contributed by atoms with van der Waals surface area (Å²) in [7, 11) is 1.36. The molecule has 0 radical (unpaired) electrons. The molecule has 1 amide bonds. The van der Waals surface area contributed by atoms with Crippen LogP contribution in [0.1, 0.15) is 34.1 Å². The summed E-state index contributed by atoms with van der Waals surface area (Å²) in [5.74, 6) is -0.367. The van der Waals surface area contributed by atoms with Crippen LogP contribution in [0.3, 0.4) is 0 Å². The van der Waals surface area contributed by atoms with E-state index in [1.165, 1.54) is 7.11 Å². The van der Waals surface area contributed by atoms with E-state index in [1.807, 2.05) is 20.8 Å². The molecular formula is C13H24N2O3. The van der Waals surface area contributed by atoms with Crippen molar-refractivity contribution in [2.45, 2.75) is 46.2 Å². The van der Waals surface area contributed by atoms with E-state index in [0.717, 1.165) is 0 Å². The van der Waals surface area contributed by atoms with E-state index in [1.54, 1.807) is 13.0 Å². The van der Waals surface area contributed by atoms with Crippen LogP contribution in [-0.2, 0) is 14.3 Å². The maximum absolute atomic E-state index is 11.6. The summed E-state index contributed by atoms with van der Waals surface area (Å²) < 4.78 is 4.65.